The molecule has 0 aliphatic heterocycles. The van der Waals surface area contributed by atoms with Gasteiger partial charge in [0, 0.05) is 19.5 Å². The maximum absolute atomic E-state index is 12.9. The van der Waals surface area contributed by atoms with Gasteiger partial charge in [-0.25, -0.2) is 4.39 Å². The minimum Gasteiger partial charge on any atom is -0.356 e. The van der Waals surface area contributed by atoms with Gasteiger partial charge in [-0.2, -0.15) is 0 Å². The lowest BCUT2D eigenvalue weighted by molar-refractivity contribution is -0.121. The first kappa shape index (κ1) is 20.9. The molecule has 2 aromatic carbocycles. The molecule has 2 N–H and O–H groups in total. The Morgan fingerprint density at radius 1 is 1.07 bits per heavy atom. The van der Waals surface area contributed by atoms with Crippen molar-refractivity contribution in [2.24, 2.45) is 0 Å². The normalized spacial score (nSPS) is 10.9. The fourth-order valence-corrected chi connectivity index (χ4v) is 3.50. The molecule has 29 heavy (non-hydrogen) atoms. The van der Waals surface area contributed by atoms with Crippen LogP contribution in [0, 0.1) is 10.6 Å². The Morgan fingerprint density at radius 3 is 2.62 bits per heavy atom. The molecule has 0 fully saturated rings. The zero-order valence-electron chi connectivity index (χ0n) is 16.1. The highest BCUT2D eigenvalue weighted by atomic mass is 32.1. The minimum absolute atomic E-state index is 0.00674. The van der Waals surface area contributed by atoms with Crippen LogP contribution in [0.2, 0.25) is 0 Å². The fraction of sp³-hybridized carbons (Fsp3) is 0.318. The highest BCUT2D eigenvalue weighted by Crippen LogP contribution is 2.08. The number of H-pyrrole nitrogens is 1. The molecular weight excluding hydrogens is 389 g/mol. The Hall–Kier alpha value is -2.80. The molecule has 3 aromatic rings. The largest absolute Gasteiger partial charge is 0.356 e. The summed E-state index contributed by atoms with van der Waals surface area (Å²) < 4.78 is 14.9. The third kappa shape index (κ3) is 5.84. The van der Waals surface area contributed by atoms with Gasteiger partial charge in [-0.15, -0.1) is 0 Å². The number of aromatic amines is 1. The van der Waals surface area contributed by atoms with Crippen molar-refractivity contribution in [3.8, 4) is 0 Å². The van der Waals surface area contributed by atoms with Crippen molar-refractivity contribution in [3.05, 3.63) is 75.0 Å². The molecule has 0 aliphatic rings. The lowest BCUT2D eigenvalue weighted by Gasteiger charge is -2.08. The molecular formula is C22H24FN3O2S. The summed E-state index contributed by atoms with van der Waals surface area (Å²) in [4.78, 5) is 27.6. The first-order valence-corrected chi connectivity index (χ1v) is 10.2. The number of carbonyl (C=O) groups is 1. The van der Waals surface area contributed by atoms with E-state index in [4.69, 9.17) is 12.2 Å². The maximum Gasteiger partial charge on any atom is 0.262 e. The third-order valence-corrected chi connectivity index (χ3v) is 5.15. The number of aromatic nitrogens is 2. The number of unbranched alkanes of at least 4 members (excludes halogenated alkanes) is 2. The van der Waals surface area contributed by atoms with E-state index >= 15 is 0 Å². The van der Waals surface area contributed by atoms with E-state index < -0.39 is 0 Å². The maximum atomic E-state index is 12.9. The number of halogens is 1. The van der Waals surface area contributed by atoms with Gasteiger partial charge in [-0.3, -0.25) is 14.2 Å². The van der Waals surface area contributed by atoms with Gasteiger partial charge in [-0.05, 0) is 61.3 Å². The molecule has 1 amide bonds. The molecule has 152 valence electrons. The zero-order valence-corrected chi connectivity index (χ0v) is 16.9. The molecule has 3 rings (SSSR count). The monoisotopic (exact) mass is 413 g/mol. The van der Waals surface area contributed by atoms with Crippen LogP contribution in [0.4, 0.5) is 4.39 Å². The number of hydrogen-bond acceptors (Lipinski definition) is 3. The SMILES string of the molecule is O=C(CCCCCn1c(=S)[nH]c2ccccc2c1=O)NCCc1ccc(F)cc1. The summed E-state index contributed by atoms with van der Waals surface area (Å²) in [5, 5.41) is 3.51. The number of benzene rings is 2. The Labute approximate surface area is 173 Å². The second-order valence-corrected chi connectivity index (χ2v) is 7.36. The topological polar surface area (TPSA) is 66.9 Å². The van der Waals surface area contributed by atoms with Crippen molar-refractivity contribution in [2.45, 2.75) is 38.6 Å². The van der Waals surface area contributed by atoms with Crippen molar-refractivity contribution < 1.29 is 9.18 Å². The van der Waals surface area contributed by atoms with Crippen molar-refractivity contribution in [3.63, 3.8) is 0 Å². The van der Waals surface area contributed by atoms with E-state index in [2.05, 4.69) is 10.3 Å². The van der Waals surface area contributed by atoms with Crippen LogP contribution < -0.4 is 10.9 Å². The standard InChI is InChI=1S/C22H24FN3O2S/c23-17-11-9-16(10-12-17)13-14-24-20(27)8-2-1-5-15-26-21(28)18-6-3-4-7-19(18)25-22(26)29/h3-4,6-7,9-12H,1-2,5,8,13-15H2,(H,24,27)(H,25,29). The summed E-state index contributed by atoms with van der Waals surface area (Å²) in [5.41, 5.74) is 1.66. The number of carbonyl (C=O) groups excluding carboxylic acids is 1. The summed E-state index contributed by atoms with van der Waals surface area (Å²) in [6, 6.07) is 13.6. The van der Waals surface area contributed by atoms with Crippen LogP contribution in [-0.4, -0.2) is 22.0 Å². The molecule has 1 heterocycles. The Kier molecular flexibility index (Phi) is 7.30. The highest BCUT2D eigenvalue weighted by molar-refractivity contribution is 7.71. The van der Waals surface area contributed by atoms with Crippen LogP contribution in [-0.2, 0) is 17.8 Å². The van der Waals surface area contributed by atoms with Crippen LogP contribution in [0.5, 0.6) is 0 Å². The van der Waals surface area contributed by atoms with E-state index in [-0.39, 0.29) is 17.3 Å². The fourth-order valence-electron chi connectivity index (χ4n) is 3.22. The van der Waals surface area contributed by atoms with Gasteiger partial charge in [0.05, 0.1) is 10.9 Å². The van der Waals surface area contributed by atoms with Gasteiger partial charge in [0.2, 0.25) is 5.91 Å². The smallest absolute Gasteiger partial charge is 0.262 e. The van der Waals surface area contributed by atoms with E-state index in [1.54, 1.807) is 22.8 Å². The van der Waals surface area contributed by atoms with Gasteiger partial charge >= 0.3 is 0 Å². The van der Waals surface area contributed by atoms with E-state index in [0.29, 0.717) is 36.1 Å². The summed E-state index contributed by atoms with van der Waals surface area (Å²) in [5.74, 6) is -0.253. The first-order chi connectivity index (χ1) is 14.0. The van der Waals surface area contributed by atoms with E-state index in [1.807, 2.05) is 18.2 Å². The van der Waals surface area contributed by atoms with Crippen molar-refractivity contribution in [1.82, 2.24) is 14.9 Å². The second kappa shape index (κ2) is 10.1. The van der Waals surface area contributed by atoms with Crippen molar-refractivity contribution in [2.75, 3.05) is 6.54 Å². The summed E-state index contributed by atoms with van der Waals surface area (Å²) >= 11 is 5.30. The van der Waals surface area contributed by atoms with Crippen LogP contribution in [0.25, 0.3) is 10.9 Å². The van der Waals surface area contributed by atoms with Gasteiger partial charge < -0.3 is 10.3 Å². The molecule has 0 atom stereocenters. The summed E-state index contributed by atoms with van der Waals surface area (Å²) in [6.45, 7) is 1.07. The van der Waals surface area contributed by atoms with Crippen LogP contribution in [0.15, 0.2) is 53.3 Å². The number of hydrogen-bond donors (Lipinski definition) is 2. The Balaban J connectivity index is 1.38. The van der Waals surface area contributed by atoms with Gasteiger partial charge in [-0.1, -0.05) is 30.7 Å². The number of rotatable bonds is 9. The van der Waals surface area contributed by atoms with E-state index in [1.165, 1.54) is 12.1 Å². The average Bonchev–Trinajstić information content (AvgIpc) is 2.71. The Morgan fingerprint density at radius 2 is 1.83 bits per heavy atom. The quantitative estimate of drug-likeness (QED) is 0.410. The second-order valence-electron chi connectivity index (χ2n) is 6.97. The third-order valence-electron chi connectivity index (χ3n) is 4.82. The molecule has 0 saturated carbocycles. The number of fused-ring (bicyclic) bond motifs is 1. The lowest BCUT2D eigenvalue weighted by atomic mass is 10.1. The molecule has 7 heteroatoms. The zero-order chi connectivity index (χ0) is 20.6. The molecule has 0 unspecified atom stereocenters. The lowest BCUT2D eigenvalue weighted by Crippen LogP contribution is -2.25. The van der Waals surface area contributed by atoms with Crippen LogP contribution >= 0.6 is 12.2 Å². The molecule has 0 spiro atoms. The van der Waals surface area contributed by atoms with Crippen LogP contribution in [0.3, 0.4) is 0 Å². The number of amides is 1. The molecule has 0 aliphatic carbocycles. The molecule has 0 bridgehead atoms. The van der Waals surface area contributed by atoms with E-state index in [0.717, 1.165) is 30.3 Å². The number of nitrogens with zero attached hydrogens (tertiary/aromatic N) is 1. The average molecular weight is 414 g/mol. The van der Waals surface area contributed by atoms with Crippen LogP contribution in [0.1, 0.15) is 31.2 Å². The molecule has 5 nitrogen and oxygen atoms in total. The molecule has 0 radical (unpaired) electrons. The van der Waals surface area contributed by atoms with E-state index in [9.17, 15) is 14.0 Å². The van der Waals surface area contributed by atoms with Gasteiger partial charge in [0.25, 0.3) is 5.56 Å². The van der Waals surface area contributed by atoms with Gasteiger partial charge in [0.1, 0.15) is 5.82 Å². The molecule has 1 aromatic heterocycles. The number of para-hydroxylation sites is 1. The highest BCUT2D eigenvalue weighted by Gasteiger charge is 2.06. The molecule has 0 saturated heterocycles. The Bertz CT molecular complexity index is 1090. The minimum atomic E-state index is -0.259. The predicted molar refractivity (Wildman–Crippen MR) is 115 cm³/mol. The summed E-state index contributed by atoms with van der Waals surface area (Å²) in [6.07, 6.45) is 3.48. The summed E-state index contributed by atoms with van der Waals surface area (Å²) in [7, 11) is 0. The number of nitrogens with one attached hydrogen (secondary N) is 2. The van der Waals surface area contributed by atoms with Crippen molar-refractivity contribution >= 4 is 29.0 Å². The first-order valence-electron chi connectivity index (χ1n) is 9.77. The van der Waals surface area contributed by atoms with Gasteiger partial charge in [0.15, 0.2) is 4.77 Å². The predicted octanol–water partition coefficient (Wildman–Crippen LogP) is 4.12. The van der Waals surface area contributed by atoms with Crippen molar-refractivity contribution in [1.29, 1.82) is 0 Å².